The summed E-state index contributed by atoms with van der Waals surface area (Å²) in [6.07, 6.45) is 0. The van der Waals surface area contributed by atoms with Crippen molar-refractivity contribution in [2.24, 2.45) is 5.18 Å². The van der Waals surface area contributed by atoms with Crippen molar-refractivity contribution in [1.29, 1.82) is 5.26 Å². The molecule has 0 aliphatic heterocycles. The maximum atomic E-state index is 10.1. The third-order valence-corrected chi connectivity index (χ3v) is 1.50. The van der Waals surface area contributed by atoms with Crippen LogP contribution >= 0.6 is 0 Å². The molecule has 0 aromatic heterocycles. The zero-order valence-corrected chi connectivity index (χ0v) is 6.53. The minimum Gasteiger partial charge on any atom is -0.387 e. The number of anilines is 1. The number of nitroso groups, excluding NO2 is 1. The average Bonchev–Trinajstić information content (AvgIpc) is 2.16. The van der Waals surface area contributed by atoms with E-state index in [4.69, 9.17) is 5.26 Å². The highest BCUT2D eigenvalue weighted by Crippen LogP contribution is 2.20. The maximum absolute atomic E-state index is 10.1. The van der Waals surface area contributed by atoms with E-state index in [1.165, 1.54) is 6.07 Å². The minimum atomic E-state index is 0.269. The lowest BCUT2D eigenvalue weighted by atomic mass is 10.2. The fourth-order valence-corrected chi connectivity index (χ4v) is 0.900. The van der Waals surface area contributed by atoms with Gasteiger partial charge in [-0.25, -0.2) is 0 Å². The molecule has 0 radical (unpaired) electrons. The van der Waals surface area contributed by atoms with Crippen molar-refractivity contribution < 1.29 is 0 Å². The van der Waals surface area contributed by atoms with Gasteiger partial charge in [-0.15, -0.1) is 4.91 Å². The zero-order chi connectivity index (χ0) is 8.97. The Morgan fingerprint density at radius 3 is 2.83 bits per heavy atom. The first-order chi connectivity index (χ1) is 5.81. The van der Waals surface area contributed by atoms with Crippen LogP contribution in [0.15, 0.2) is 23.4 Å². The molecule has 1 aromatic rings. The average molecular weight is 161 g/mol. The van der Waals surface area contributed by atoms with E-state index in [1.807, 2.05) is 6.07 Å². The van der Waals surface area contributed by atoms with Crippen molar-refractivity contribution in [3.8, 4) is 6.07 Å². The van der Waals surface area contributed by atoms with Gasteiger partial charge in [0.25, 0.3) is 0 Å². The summed E-state index contributed by atoms with van der Waals surface area (Å²) in [5.41, 5.74) is 1.39. The number of nitrogens with zero attached hydrogens (tertiary/aromatic N) is 2. The molecule has 0 aliphatic rings. The van der Waals surface area contributed by atoms with E-state index in [1.54, 1.807) is 19.2 Å². The number of benzene rings is 1. The van der Waals surface area contributed by atoms with E-state index in [0.717, 1.165) is 0 Å². The first-order valence-corrected chi connectivity index (χ1v) is 3.37. The van der Waals surface area contributed by atoms with Crippen LogP contribution in [0, 0.1) is 16.2 Å². The van der Waals surface area contributed by atoms with Crippen LogP contribution < -0.4 is 5.32 Å². The quantitative estimate of drug-likeness (QED) is 0.674. The normalized spacial score (nSPS) is 8.67. The molecule has 0 atom stereocenters. The second-order valence-corrected chi connectivity index (χ2v) is 2.18. The Balaban J connectivity index is 3.21. The smallest absolute Gasteiger partial charge is 0.109 e. The lowest BCUT2D eigenvalue weighted by Gasteiger charge is -2.01. The number of nitriles is 1. The van der Waals surface area contributed by atoms with E-state index in [-0.39, 0.29) is 5.69 Å². The van der Waals surface area contributed by atoms with Gasteiger partial charge in [-0.1, -0.05) is 0 Å². The monoisotopic (exact) mass is 161 g/mol. The summed E-state index contributed by atoms with van der Waals surface area (Å²) in [4.78, 5) is 10.1. The SMILES string of the molecule is CNc1ccc(N=O)cc1C#N. The van der Waals surface area contributed by atoms with E-state index >= 15 is 0 Å². The summed E-state index contributed by atoms with van der Waals surface area (Å²) in [6.45, 7) is 0. The number of rotatable bonds is 2. The molecule has 1 N–H and O–H groups in total. The zero-order valence-electron chi connectivity index (χ0n) is 6.53. The van der Waals surface area contributed by atoms with Crippen LogP contribution in [0.25, 0.3) is 0 Å². The van der Waals surface area contributed by atoms with Crippen LogP contribution in [0.4, 0.5) is 11.4 Å². The molecule has 0 aliphatic carbocycles. The maximum Gasteiger partial charge on any atom is 0.109 e. The summed E-state index contributed by atoms with van der Waals surface area (Å²) in [5, 5.41) is 14.2. The van der Waals surface area contributed by atoms with Crippen molar-refractivity contribution in [2.45, 2.75) is 0 Å². The topological polar surface area (TPSA) is 65.2 Å². The fourth-order valence-electron chi connectivity index (χ4n) is 0.900. The molecule has 0 fully saturated rings. The van der Waals surface area contributed by atoms with Gasteiger partial charge >= 0.3 is 0 Å². The Bertz CT molecular complexity index is 341. The van der Waals surface area contributed by atoms with Gasteiger partial charge in [-0.05, 0) is 23.4 Å². The van der Waals surface area contributed by atoms with Crippen LogP contribution in [0.2, 0.25) is 0 Å². The highest BCUT2D eigenvalue weighted by molar-refractivity contribution is 5.62. The van der Waals surface area contributed by atoms with Crippen LogP contribution in [0.1, 0.15) is 5.56 Å². The Morgan fingerprint density at radius 1 is 1.58 bits per heavy atom. The lowest BCUT2D eigenvalue weighted by molar-refractivity contribution is 1.41. The third kappa shape index (κ3) is 1.40. The Kier molecular flexibility index (Phi) is 2.38. The summed E-state index contributed by atoms with van der Waals surface area (Å²) < 4.78 is 0. The molecular weight excluding hydrogens is 154 g/mol. The molecule has 1 aromatic carbocycles. The molecule has 0 amide bonds. The van der Waals surface area contributed by atoms with Gasteiger partial charge in [-0.3, -0.25) is 0 Å². The predicted molar refractivity (Wildman–Crippen MR) is 46.2 cm³/mol. The third-order valence-electron chi connectivity index (χ3n) is 1.50. The molecule has 0 saturated carbocycles. The van der Waals surface area contributed by atoms with Gasteiger partial charge in [0.15, 0.2) is 0 Å². The molecule has 0 saturated heterocycles. The summed E-state index contributed by atoms with van der Waals surface area (Å²) in [5.74, 6) is 0. The fraction of sp³-hybridized carbons (Fsp3) is 0.125. The van der Waals surface area contributed by atoms with Crippen LogP contribution in [-0.4, -0.2) is 7.05 Å². The van der Waals surface area contributed by atoms with Crippen molar-refractivity contribution in [2.75, 3.05) is 12.4 Å². The van der Waals surface area contributed by atoms with Gasteiger partial charge < -0.3 is 5.32 Å². The lowest BCUT2D eigenvalue weighted by Crippen LogP contribution is -1.90. The Hall–Kier alpha value is -1.89. The number of hydrogen-bond donors (Lipinski definition) is 1. The van der Waals surface area contributed by atoms with Crippen molar-refractivity contribution >= 4 is 11.4 Å². The summed E-state index contributed by atoms with van der Waals surface area (Å²) in [7, 11) is 1.71. The second-order valence-electron chi connectivity index (χ2n) is 2.18. The molecule has 0 bridgehead atoms. The van der Waals surface area contributed by atoms with Gasteiger partial charge in [0.1, 0.15) is 11.8 Å². The highest BCUT2D eigenvalue weighted by Gasteiger charge is 2.00. The van der Waals surface area contributed by atoms with E-state index in [0.29, 0.717) is 11.3 Å². The largest absolute Gasteiger partial charge is 0.387 e. The van der Waals surface area contributed by atoms with Gasteiger partial charge in [-0.2, -0.15) is 5.26 Å². The van der Waals surface area contributed by atoms with E-state index in [2.05, 4.69) is 10.5 Å². The van der Waals surface area contributed by atoms with Crippen molar-refractivity contribution in [3.63, 3.8) is 0 Å². The van der Waals surface area contributed by atoms with E-state index in [9.17, 15) is 4.91 Å². The predicted octanol–water partition coefficient (Wildman–Crippen LogP) is 2.00. The van der Waals surface area contributed by atoms with Crippen LogP contribution in [-0.2, 0) is 0 Å². The van der Waals surface area contributed by atoms with Crippen LogP contribution in [0.5, 0.6) is 0 Å². The second kappa shape index (κ2) is 3.49. The molecule has 1 rings (SSSR count). The molecule has 4 heteroatoms. The summed E-state index contributed by atoms with van der Waals surface area (Å²) in [6, 6.07) is 6.61. The molecule has 60 valence electrons. The molecule has 0 heterocycles. The molecule has 0 spiro atoms. The van der Waals surface area contributed by atoms with Crippen LogP contribution in [0.3, 0.4) is 0 Å². The molecule has 12 heavy (non-hydrogen) atoms. The van der Waals surface area contributed by atoms with Gasteiger partial charge in [0.05, 0.1) is 11.3 Å². The first-order valence-electron chi connectivity index (χ1n) is 3.37. The number of nitrogens with one attached hydrogen (secondary N) is 1. The van der Waals surface area contributed by atoms with E-state index < -0.39 is 0 Å². The van der Waals surface area contributed by atoms with Crippen molar-refractivity contribution in [1.82, 2.24) is 0 Å². The summed E-state index contributed by atoms with van der Waals surface area (Å²) >= 11 is 0. The van der Waals surface area contributed by atoms with Gasteiger partial charge in [0.2, 0.25) is 0 Å². The first kappa shape index (κ1) is 8.21. The Labute approximate surface area is 69.8 Å². The highest BCUT2D eigenvalue weighted by atomic mass is 16.3. The van der Waals surface area contributed by atoms with Gasteiger partial charge in [0, 0.05) is 7.05 Å². The molecule has 4 nitrogen and oxygen atoms in total. The molecular formula is C8H7N3O. The van der Waals surface area contributed by atoms with Crippen molar-refractivity contribution in [3.05, 3.63) is 28.7 Å². The minimum absolute atomic E-state index is 0.269. The Morgan fingerprint density at radius 2 is 2.33 bits per heavy atom. The standard InChI is InChI=1S/C8H7N3O/c1-10-8-3-2-7(11-12)4-6(8)5-9/h2-4,10H,1H3. The number of hydrogen-bond acceptors (Lipinski definition) is 4. The molecule has 0 unspecified atom stereocenters.